The number of hydrogen-bond acceptors (Lipinski definition) is 7. The first-order valence-electron chi connectivity index (χ1n) is 11.8. The summed E-state index contributed by atoms with van der Waals surface area (Å²) in [4.78, 5) is 31.0. The van der Waals surface area contributed by atoms with Crippen LogP contribution in [-0.2, 0) is 9.53 Å². The molecule has 7 heteroatoms. The van der Waals surface area contributed by atoms with Gasteiger partial charge < -0.3 is 18.8 Å². The molecule has 0 saturated heterocycles. The lowest BCUT2D eigenvalue weighted by molar-refractivity contribution is -0.140. The highest BCUT2D eigenvalue weighted by molar-refractivity contribution is 5.97. The summed E-state index contributed by atoms with van der Waals surface area (Å²) in [5, 5.41) is 1.30. The van der Waals surface area contributed by atoms with Gasteiger partial charge in [-0.05, 0) is 63.4 Å². The highest BCUT2D eigenvalue weighted by atomic mass is 16.5. The van der Waals surface area contributed by atoms with Gasteiger partial charge in [-0.15, -0.1) is 0 Å². The van der Waals surface area contributed by atoms with Crippen LogP contribution in [0.5, 0.6) is 5.75 Å². The first-order chi connectivity index (χ1) is 16.5. The molecule has 1 heterocycles. The molecule has 2 aromatic rings. The van der Waals surface area contributed by atoms with Crippen LogP contribution in [0.1, 0.15) is 39.5 Å². The van der Waals surface area contributed by atoms with Crippen molar-refractivity contribution >= 4 is 33.5 Å². The zero-order valence-corrected chi connectivity index (χ0v) is 19.9. The van der Waals surface area contributed by atoms with Crippen molar-refractivity contribution in [3.8, 4) is 17.2 Å². The summed E-state index contributed by atoms with van der Waals surface area (Å²) in [7, 11) is 1.40. The molecule has 178 valence electrons. The summed E-state index contributed by atoms with van der Waals surface area (Å²) >= 11 is 0. The van der Waals surface area contributed by atoms with Crippen LogP contribution < -0.4 is 15.1 Å². The minimum absolute atomic E-state index is 0.110. The van der Waals surface area contributed by atoms with Crippen molar-refractivity contribution in [2.24, 2.45) is 0 Å². The maximum atomic E-state index is 12.7. The van der Waals surface area contributed by atoms with Gasteiger partial charge in [-0.2, -0.15) is 0 Å². The minimum atomic E-state index is -0.189. The molecular weight excluding hydrogens is 432 g/mol. The van der Waals surface area contributed by atoms with Crippen molar-refractivity contribution in [1.29, 1.82) is 0 Å². The summed E-state index contributed by atoms with van der Waals surface area (Å²) in [6, 6.07) is 12.9. The molecule has 2 aromatic carbocycles. The quantitative estimate of drug-likeness (QED) is 0.135. The topological polar surface area (TPSA) is 81.9 Å². The second-order valence-electron chi connectivity index (χ2n) is 8.20. The number of nitrogens with zero attached hydrogens (tertiary/aromatic N) is 2. The van der Waals surface area contributed by atoms with E-state index in [-0.39, 0.29) is 11.4 Å². The molecule has 0 N–H and O–H groups in total. The third-order valence-corrected chi connectivity index (χ3v) is 6.05. The largest absolute Gasteiger partial charge is 0.494 e. The minimum Gasteiger partial charge on any atom is -0.494 e. The van der Waals surface area contributed by atoms with Gasteiger partial charge in [-0.3, -0.25) is 9.59 Å². The van der Waals surface area contributed by atoms with Gasteiger partial charge in [0.05, 0.1) is 13.7 Å². The van der Waals surface area contributed by atoms with Crippen LogP contribution >= 0.6 is 0 Å². The van der Waals surface area contributed by atoms with E-state index in [9.17, 15) is 9.59 Å². The molecule has 0 atom stereocenters. The van der Waals surface area contributed by atoms with Crippen molar-refractivity contribution in [3.05, 3.63) is 52.7 Å². The van der Waals surface area contributed by atoms with Crippen molar-refractivity contribution in [2.45, 2.75) is 39.5 Å². The zero-order chi connectivity index (χ0) is 24.1. The maximum absolute atomic E-state index is 12.7. The van der Waals surface area contributed by atoms with Crippen molar-refractivity contribution in [2.75, 3.05) is 31.7 Å². The van der Waals surface area contributed by atoms with Crippen LogP contribution in [0.15, 0.2) is 51.7 Å². The number of aromatic nitrogens is 1. The van der Waals surface area contributed by atoms with E-state index in [1.807, 2.05) is 24.3 Å². The number of benzene rings is 3. The zero-order valence-electron chi connectivity index (χ0n) is 19.9. The fourth-order valence-electron chi connectivity index (χ4n) is 4.16. The maximum Gasteiger partial charge on any atom is 0.305 e. The Hall–Kier alpha value is -3.61. The van der Waals surface area contributed by atoms with E-state index in [0.29, 0.717) is 46.6 Å². The van der Waals surface area contributed by atoms with E-state index in [2.05, 4.69) is 23.5 Å². The van der Waals surface area contributed by atoms with Gasteiger partial charge in [0.1, 0.15) is 17.0 Å². The summed E-state index contributed by atoms with van der Waals surface area (Å²) in [6.07, 6.45) is 2.89. The van der Waals surface area contributed by atoms with E-state index in [1.165, 1.54) is 13.2 Å². The molecule has 1 aliphatic carbocycles. The van der Waals surface area contributed by atoms with Gasteiger partial charge in [0, 0.05) is 48.1 Å². The van der Waals surface area contributed by atoms with Gasteiger partial charge in [-0.1, -0.05) is 0 Å². The smallest absolute Gasteiger partial charge is 0.305 e. The van der Waals surface area contributed by atoms with Crippen molar-refractivity contribution < 1.29 is 18.7 Å². The highest BCUT2D eigenvalue weighted by Gasteiger charge is 2.17. The Bertz CT molecular complexity index is 1330. The molecule has 7 nitrogen and oxygen atoms in total. The van der Waals surface area contributed by atoms with Gasteiger partial charge in [0.2, 0.25) is 0 Å². The van der Waals surface area contributed by atoms with E-state index in [4.69, 9.17) is 14.1 Å². The third-order valence-electron chi connectivity index (χ3n) is 6.05. The number of ether oxygens (including phenoxy) is 2. The van der Waals surface area contributed by atoms with E-state index in [1.54, 1.807) is 12.1 Å². The predicted octanol–water partition coefficient (Wildman–Crippen LogP) is 5.40. The Morgan fingerprint density at radius 3 is 2.59 bits per heavy atom. The number of carbonyl (C=O) groups is 1. The van der Waals surface area contributed by atoms with Crippen LogP contribution in [0.25, 0.3) is 33.3 Å². The summed E-state index contributed by atoms with van der Waals surface area (Å²) < 4.78 is 16.7. The Balaban J connectivity index is 1.60. The molecule has 1 aliphatic heterocycles. The van der Waals surface area contributed by atoms with E-state index < -0.39 is 0 Å². The number of fused-ring (bicyclic) bond motifs is 4. The lowest BCUT2D eigenvalue weighted by atomic mass is 10.0. The highest BCUT2D eigenvalue weighted by Crippen LogP contribution is 2.33. The Labute approximate surface area is 198 Å². The number of unbranched alkanes of at least 4 members (excludes halogenated alkanes) is 2. The molecule has 0 saturated carbocycles. The molecular formula is C27H30N2O5. The third kappa shape index (κ3) is 4.98. The summed E-state index contributed by atoms with van der Waals surface area (Å²) in [6.45, 7) is 6.54. The predicted molar refractivity (Wildman–Crippen MR) is 134 cm³/mol. The van der Waals surface area contributed by atoms with Crippen LogP contribution in [-0.4, -0.2) is 37.8 Å². The molecule has 0 amide bonds. The molecule has 34 heavy (non-hydrogen) atoms. The fraction of sp³-hybridized carbons (Fsp3) is 0.370. The first kappa shape index (κ1) is 23.5. The molecule has 0 unspecified atom stereocenters. The van der Waals surface area contributed by atoms with Crippen LogP contribution in [0.2, 0.25) is 0 Å². The molecule has 0 fully saturated rings. The normalized spacial score (nSPS) is 11.3. The van der Waals surface area contributed by atoms with Gasteiger partial charge in [0.15, 0.2) is 16.8 Å². The number of carbonyl (C=O) groups excluding carboxylic acids is 1. The second-order valence-corrected chi connectivity index (χ2v) is 8.20. The fourth-order valence-corrected chi connectivity index (χ4v) is 4.16. The molecule has 4 rings (SSSR count). The van der Waals surface area contributed by atoms with Crippen LogP contribution in [0, 0.1) is 0 Å². The molecule has 0 spiro atoms. The number of rotatable bonds is 10. The second kappa shape index (κ2) is 10.5. The first-order valence-corrected chi connectivity index (χ1v) is 11.8. The molecule has 0 radical (unpaired) electrons. The molecule has 0 aromatic heterocycles. The Morgan fingerprint density at radius 2 is 1.82 bits per heavy atom. The van der Waals surface area contributed by atoms with Crippen LogP contribution in [0.4, 0.5) is 5.69 Å². The number of anilines is 1. The number of methoxy groups -OCH3 is 1. The van der Waals surface area contributed by atoms with Crippen LogP contribution in [0.3, 0.4) is 0 Å². The average Bonchev–Trinajstić information content (AvgIpc) is 2.85. The Morgan fingerprint density at radius 1 is 1.00 bits per heavy atom. The summed E-state index contributed by atoms with van der Waals surface area (Å²) in [5.41, 5.74) is 2.98. The lowest BCUT2D eigenvalue weighted by Crippen LogP contribution is -2.21. The van der Waals surface area contributed by atoms with Gasteiger partial charge in [0.25, 0.3) is 0 Å². The molecule has 2 aliphatic rings. The van der Waals surface area contributed by atoms with E-state index >= 15 is 0 Å². The Kier molecular flexibility index (Phi) is 7.30. The monoisotopic (exact) mass is 462 g/mol. The van der Waals surface area contributed by atoms with Gasteiger partial charge >= 0.3 is 5.97 Å². The van der Waals surface area contributed by atoms with Crippen molar-refractivity contribution in [3.63, 3.8) is 0 Å². The van der Waals surface area contributed by atoms with Gasteiger partial charge in [-0.25, -0.2) is 4.98 Å². The standard InChI is InChI=1S/C27H30N2O5/c1-4-29(5-2)18-10-13-22-24(15-18)34-25-17-23(30)20-12-11-19(16-21(20)27(25)28-22)33-14-8-6-7-9-26(31)32-3/h10-13,15-17H,4-9,14H2,1-3H3. The lowest BCUT2D eigenvalue weighted by Gasteiger charge is -2.21. The SMILES string of the molecule is CCN(CC)c1ccc2nc3c4cc(OCCCCCC(=O)OC)ccc4c(=O)cc-3oc2c1. The van der Waals surface area contributed by atoms with Crippen molar-refractivity contribution in [1.82, 2.24) is 4.98 Å². The number of esters is 1. The average molecular weight is 463 g/mol. The number of hydrogen-bond donors (Lipinski definition) is 0. The summed E-state index contributed by atoms with van der Waals surface area (Å²) in [5.74, 6) is 0.943. The molecule has 0 bridgehead atoms. The van der Waals surface area contributed by atoms with E-state index in [0.717, 1.165) is 43.6 Å².